The second kappa shape index (κ2) is 9.78. The molecule has 0 atom stereocenters. The van der Waals surface area contributed by atoms with Gasteiger partial charge in [-0.15, -0.1) is 0 Å². The molecule has 0 aliphatic carbocycles. The highest BCUT2D eigenvalue weighted by Gasteiger charge is 2.12. The lowest BCUT2D eigenvalue weighted by atomic mass is 9.98. The molecule has 3 aromatic rings. The van der Waals surface area contributed by atoms with Crippen molar-refractivity contribution in [3.05, 3.63) is 89.0 Å². The minimum Gasteiger partial charge on any atom is -0.465 e. The molecule has 0 saturated heterocycles. The SMILES string of the molecule is COC(=O)c1cc(CNC(=O)c2ccc(N(C)C)cc2)cc(-c2cccc(C(=N)N)c2)c1. The van der Waals surface area contributed by atoms with Gasteiger partial charge in [0.15, 0.2) is 0 Å². The van der Waals surface area contributed by atoms with Gasteiger partial charge in [0, 0.05) is 37.5 Å². The van der Waals surface area contributed by atoms with Gasteiger partial charge >= 0.3 is 5.97 Å². The number of nitrogens with two attached hydrogens (primary N) is 1. The van der Waals surface area contributed by atoms with Crippen LogP contribution in [-0.2, 0) is 11.3 Å². The number of carbonyl (C=O) groups excluding carboxylic acids is 2. The summed E-state index contributed by atoms with van der Waals surface area (Å²) in [4.78, 5) is 26.8. The fourth-order valence-corrected chi connectivity index (χ4v) is 3.26. The maximum Gasteiger partial charge on any atom is 0.337 e. The van der Waals surface area contributed by atoms with E-state index in [2.05, 4.69) is 5.32 Å². The topological polar surface area (TPSA) is 109 Å². The lowest BCUT2D eigenvalue weighted by Crippen LogP contribution is -2.23. The molecular weight excluding hydrogens is 404 g/mol. The zero-order valence-corrected chi connectivity index (χ0v) is 18.3. The molecule has 0 aliphatic rings. The fraction of sp³-hybridized carbons (Fsp3) is 0.160. The van der Waals surface area contributed by atoms with E-state index in [0.717, 1.165) is 22.4 Å². The number of nitrogen functional groups attached to an aromatic ring is 1. The number of methoxy groups -OCH3 is 1. The first kappa shape index (κ1) is 22.6. The van der Waals surface area contributed by atoms with Crippen molar-refractivity contribution >= 4 is 23.4 Å². The van der Waals surface area contributed by atoms with E-state index in [9.17, 15) is 9.59 Å². The summed E-state index contributed by atoms with van der Waals surface area (Å²) in [7, 11) is 5.20. The molecular formula is C25H26N4O3. The molecule has 4 N–H and O–H groups in total. The molecule has 3 rings (SSSR count). The van der Waals surface area contributed by atoms with E-state index in [-0.39, 0.29) is 18.3 Å². The molecule has 7 heteroatoms. The Morgan fingerprint density at radius 2 is 1.62 bits per heavy atom. The van der Waals surface area contributed by atoms with Crippen molar-refractivity contribution in [2.45, 2.75) is 6.54 Å². The van der Waals surface area contributed by atoms with Gasteiger partial charge in [0.25, 0.3) is 5.91 Å². The number of nitrogens with zero attached hydrogens (tertiary/aromatic N) is 1. The highest BCUT2D eigenvalue weighted by atomic mass is 16.5. The molecule has 0 radical (unpaired) electrons. The Morgan fingerprint density at radius 3 is 2.25 bits per heavy atom. The van der Waals surface area contributed by atoms with E-state index in [1.54, 1.807) is 42.5 Å². The van der Waals surface area contributed by atoms with E-state index in [1.807, 2.05) is 43.3 Å². The summed E-state index contributed by atoms with van der Waals surface area (Å²) in [6, 6.07) is 19.8. The molecule has 0 spiro atoms. The van der Waals surface area contributed by atoms with Gasteiger partial charge in [0.05, 0.1) is 12.7 Å². The molecule has 0 fully saturated rings. The number of ether oxygens (including phenoxy) is 1. The predicted molar refractivity (Wildman–Crippen MR) is 126 cm³/mol. The maximum atomic E-state index is 12.6. The molecule has 7 nitrogen and oxygen atoms in total. The summed E-state index contributed by atoms with van der Waals surface area (Å²) in [6.45, 7) is 0.235. The first-order chi connectivity index (χ1) is 15.3. The average molecular weight is 431 g/mol. The van der Waals surface area contributed by atoms with Crippen LogP contribution in [0.2, 0.25) is 0 Å². The smallest absolute Gasteiger partial charge is 0.337 e. The molecule has 3 aromatic carbocycles. The monoisotopic (exact) mass is 430 g/mol. The van der Waals surface area contributed by atoms with Gasteiger partial charge in [0.1, 0.15) is 5.84 Å². The van der Waals surface area contributed by atoms with E-state index in [1.165, 1.54) is 7.11 Å². The molecule has 0 aromatic heterocycles. The molecule has 32 heavy (non-hydrogen) atoms. The van der Waals surface area contributed by atoms with Crippen LogP contribution in [0.25, 0.3) is 11.1 Å². The van der Waals surface area contributed by atoms with Crippen molar-refractivity contribution in [1.29, 1.82) is 5.41 Å². The van der Waals surface area contributed by atoms with Crippen LogP contribution in [0.1, 0.15) is 31.8 Å². The Kier molecular flexibility index (Phi) is 6.90. The quantitative estimate of drug-likeness (QED) is 0.302. The molecule has 0 bridgehead atoms. The van der Waals surface area contributed by atoms with Gasteiger partial charge < -0.3 is 20.7 Å². The van der Waals surface area contributed by atoms with E-state index >= 15 is 0 Å². The van der Waals surface area contributed by atoms with Crippen LogP contribution in [0.15, 0.2) is 66.7 Å². The van der Waals surface area contributed by atoms with Crippen molar-refractivity contribution in [3.8, 4) is 11.1 Å². The van der Waals surface area contributed by atoms with Gasteiger partial charge in [-0.05, 0) is 65.2 Å². The Balaban J connectivity index is 1.86. The Morgan fingerprint density at radius 1 is 0.938 bits per heavy atom. The summed E-state index contributed by atoms with van der Waals surface area (Å²) in [6.07, 6.45) is 0. The van der Waals surface area contributed by atoms with Crippen molar-refractivity contribution in [3.63, 3.8) is 0 Å². The minimum atomic E-state index is -0.471. The third-order valence-corrected chi connectivity index (χ3v) is 5.02. The number of anilines is 1. The van der Waals surface area contributed by atoms with Crippen molar-refractivity contribution < 1.29 is 14.3 Å². The number of amides is 1. The number of hydrogen-bond donors (Lipinski definition) is 3. The standard InChI is InChI=1S/C25H26N4O3/c1-29(2)22-9-7-17(8-10-22)24(30)28-15-16-11-20(14-21(12-16)25(31)32-3)18-5-4-6-19(13-18)23(26)27/h4-14H,15H2,1-3H3,(H3,26,27)(H,28,30). The Bertz CT molecular complexity index is 1150. The van der Waals surface area contributed by atoms with Crippen LogP contribution in [0.4, 0.5) is 5.69 Å². The van der Waals surface area contributed by atoms with Crippen LogP contribution >= 0.6 is 0 Å². The number of rotatable bonds is 7. The van der Waals surface area contributed by atoms with Crippen molar-refractivity contribution in [1.82, 2.24) is 5.32 Å². The van der Waals surface area contributed by atoms with Crippen LogP contribution in [0.3, 0.4) is 0 Å². The second-order valence-corrected chi connectivity index (χ2v) is 7.53. The molecule has 0 saturated carbocycles. The molecule has 1 amide bonds. The third kappa shape index (κ3) is 5.31. The number of esters is 1. The van der Waals surface area contributed by atoms with E-state index in [4.69, 9.17) is 15.9 Å². The van der Waals surface area contributed by atoms with Crippen LogP contribution in [-0.4, -0.2) is 38.9 Å². The van der Waals surface area contributed by atoms with E-state index in [0.29, 0.717) is 16.7 Å². The van der Waals surface area contributed by atoms with Crippen LogP contribution < -0.4 is 16.0 Å². The number of amidine groups is 1. The molecule has 0 aliphatic heterocycles. The molecule has 164 valence electrons. The average Bonchev–Trinajstić information content (AvgIpc) is 2.81. The highest BCUT2D eigenvalue weighted by Crippen LogP contribution is 2.24. The van der Waals surface area contributed by atoms with Crippen LogP contribution in [0, 0.1) is 5.41 Å². The summed E-state index contributed by atoms with van der Waals surface area (Å²) in [5.41, 5.74) is 10.4. The Labute approximate surface area is 187 Å². The molecule has 0 heterocycles. The Hall–Kier alpha value is -4.13. The van der Waals surface area contributed by atoms with Gasteiger partial charge in [0.2, 0.25) is 0 Å². The maximum absolute atomic E-state index is 12.6. The van der Waals surface area contributed by atoms with Crippen molar-refractivity contribution in [2.24, 2.45) is 5.73 Å². The predicted octanol–water partition coefficient (Wildman–Crippen LogP) is 3.42. The lowest BCUT2D eigenvalue weighted by molar-refractivity contribution is 0.0600. The number of benzene rings is 3. The molecule has 0 unspecified atom stereocenters. The minimum absolute atomic E-state index is 0.0382. The van der Waals surface area contributed by atoms with Crippen molar-refractivity contribution in [2.75, 3.05) is 26.1 Å². The number of nitrogens with one attached hydrogen (secondary N) is 2. The highest BCUT2D eigenvalue weighted by molar-refractivity contribution is 5.97. The van der Waals surface area contributed by atoms with E-state index < -0.39 is 5.97 Å². The summed E-state index contributed by atoms with van der Waals surface area (Å²) < 4.78 is 4.89. The fourth-order valence-electron chi connectivity index (χ4n) is 3.26. The third-order valence-electron chi connectivity index (χ3n) is 5.02. The summed E-state index contributed by atoms with van der Waals surface area (Å²) in [5.74, 6) is -0.718. The van der Waals surface area contributed by atoms with Gasteiger partial charge in [-0.25, -0.2) is 4.79 Å². The summed E-state index contributed by atoms with van der Waals surface area (Å²) in [5, 5.41) is 10.6. The largest absolute Gasteiger partial charge is 0.465 e. The summed E-state index contributed by atoms with van der Waals surface area (Å²) >= 11 is 0. The van der Waals surface area contributed by atoms with Gasteiger partial charge in [-0.3, -0.25) is 10.2 Å². The first-order valence-corrected chi connectivity index (χ1v) is 10.0. The van der Waals surface area contributed by atoms with Crippen LogP contribution in [0.5, 0.6) is 0 Å². The number of hydrogen-bond acceptors (Lipinski definition) is 5. The normalized spacial score (nSPS) is 10.3. The second-order valence-electron chi connectivity index (χ2n) is 7.53. The van der Waals surface area contributed by atoms with Gasteiger partial charge in [-0.2, -0.15) is 0 Å². The zero-order valence-electron chi connectivity index (χ0n) is 18.3. The van der Waals surface area contributed by atoms with Gasteiger partial charge in [-0.1, -0.05) is 18.2 Å². The number of carbonyl (C=O) groups is 2. The zero-order chi connectivity index (χ0) is 23.3. The lowest BCUT2D eigenvalue weighted by Gasteiger charge is -2.13. The first-order valence-electron chi connectivity index (χ1n) is 10.0.